The zero-order valence-corrected chi connectivity index (χ0v) is 33.0. The first kappa shape index (κ1) is 41.3. The molecule has 1 aliphatic heterocycles. The van der Waals surface area contributed by atoms with E-state index in [1.807, 2.05) is 0 Å². The lowest BCUT2D eigenvalue weighted by molar-refractivity contribution is -0.144. The van der Waals surface area contributed by atoms with Crippen molar-refractivity contribution in [1.82, 2.24) is 31.1 Å². The van der Waals surface area contributed by atoms with Crippen LogP contribution in [0.15, 0.2) is 30.3 Å². The first-order valence-corrected chi connectivity index (χ1v) is 19.5. The SMILES string of the molecule is CN(C)C(=O)C(NC(=O)CNC(=O)C(=O)C(CC1CC1)NC(=O)C1C2C(CN1C(=O)C(NC(=O)OC(C)(C)C)C1CCCCC1)C2(Cl)Cl)c1ccccc1. The molecule has 1 aromatic carbocycles. The predicted octanol–water partition coefficient (Wildman–Crippen LogP) is 3.01. The molecule has 1 aromatic rings. The zero-order valence-electron chi connectivity index (χ0n) is 31.5. The van der Waals surface area contributed by atoms with Gasteiger partial charge in [0.2, 0.25) is 29.4 Å². The largest absolute Gasteiger partial charge is 0.444 e. The third-order valence-corrected chi connectivity index (χ3v) is 11.7. The van der Waals surface area contributed by atoms with Crippen LogP contribution in [0.3, 0.4) is 0 Å². The molecule has 1 heterocycles. The lowest BCUT2D eigenvalue weighted by Crippen LogP contribution is -2.60. The van der Waals surface area contributed by atoms with E-state index in [0.29, 0.717) is 18.4 Å². The van der Waals surface area contributed by atoms with Gasteiger partial charge in [-0.15, -0.1) is 23.2 Å². The van der Waals surface area contributed by atoms with E-state index < -0.39 is 88.0 Å². The Bertz CT molecular complexity index is 1610. The molecule has 4 fully saturated rings. The number of nitrogens with zero attached hydrogens (tertiary/aromatic N) is 2. The third kappa shape index (κ3) is 10.0. The molecule has 54 heavy (non-hydrogen) atoms. The standard InChI is InChI=1S/C38H52Cl2N6O8/c1-37(2,3)54-36(53)44-29(23-14-10-7-11-15-23)35(52)46-20-24-27(38(24,39)40)30(46)32(49)42-25(18-21-16-17-21)31(48)33(50)41-19-26(47)43-28(34(51)45(4)5)22-12-8-6-9-13-22/h6,8-9,12-13,21,23-25,27-30H,7,10-11,14-20H2,1-5H3,(H,41,50)(H,42,49)(H,43,47)(H,44,53). The van der Waals surface area contributed by atoms with Gasteiger partial charge >= 0.3 is 6.09 Å². The summed E-state index contributed by atoms with van der Waals surface area (Å²) in [5, 5.41) is 10.5. The molecule has 4 N–H and O–H groups in total. The lowest BCUT2D eigenvalue weighted by Gasteiger charge is -2.37. The summed E-state index contributed by atoms with van der Waals surface area (Å²) in [7, 11) is 3.11. The number of piperidine rings is 1. The molecular formula is C38H52Cl2N6O8. The summed E-state index contributed by atoms with van der Waals surface area (Å²) in [6, 6.07) is 4.24. The van der Waals surface area contributed by atoms with E-state index in [1.165, 1.54) is 9.80 Å². The number of likely N-dealkylation sites (tertiary alicyclic amines) is 1. The fraction of sp³-hybridized carbons (Fsp3) is 0.658. The van der Waals surface area contributed by atoms with Gasteiger partial charge in [0.25, 0.3) is 5.91 Å². The van der Waals surface area contributed by atoms with Crippen molar-refractivity contribution in [3.05, 3.63) is 35.9 Å². The molecule has 5 rings (SSSR count). The molecule has 3 aliphatic carbocycles. The quantitative estimate of drug-likeness (QED) is 0.164. The van der Waals surface area contributed by atoms with Gasteiger partial charge in [0, 0.05) is 32.5 Å². The summed E-state index contributed by atoms with van der Waals surface area (Å²) in [6.07, 6.45) is 5.30. The van der Waals surface area contributed by atoms with Crippen LogP contribution in [0.2, 0.25) is 0 Å². The minimum atomic E-state index is -1.27. The van der Waals surface area contributed by atoms with Gasteiger partial charge < -0.3 is 35.8 Å². The second kappa shape index (κ2) is 16.8. The fourth-order valence-electron chi connectivity index (χ4n) is 7.58. The van der Waals surface area contributed by atoms with E-state index >= 15 is 0 Å². The Hall–Kier alpha value is -3.91. The number of likely N-dealkylation sites (N-methyl/N-ethyl adjacent to an activating group) is 1. The second-order valence-electron chi connectivity index (χ2n) is 16.2. The molecule has 6 atom stereocenters. The van der Waals surface area contributed by atoms with Crippen LogP contribution in [0.5, 0.6) is 0 Å². The summed E-state index contributed by atoms with van der Waals surface area (Å²) >= 11 is 13.2. The molecule has 0 spiro atoms. The fourth-order valence-corrected chi connectivity index (χ4v) is 8.41. The Labute approximate surface area is 326 Å². The van der Waals surface area contributed by atoms with Crippen LogP contribution in [-0.4, -0.2) is 106 Å². The summed E-state index contributed by atoms with van der Waals surface area (Å²) in [5.41, 5.74) is -0.256. The summed E-state index contributed by atoms with van der Waals surface area (Å²) in [4.78, 5) is 96.7. The van der Waals surface area contributed by atoms with Crippen molar-refractivity contribution in [3.63, 3.8) is 0 Å². The monoisotopic (exact) mass is 790 g/mol. The number of halogens is 2. The molecule has 1 saturated heterocycles. The number of alkyl carbamates (subject to hydrolysis) is 1. The highest BCUT2D eigenvalue weighted by Crippen LogP contribution is 2.65. The number of amides is 6. The number of benzene rings is 1. The zero-order chi connectivity index (χ0) is 39.5. The minimum Gasteiger partial charge on any atom is -0.444 e. The molecule has 6 unspecified atom stereocenters. The molecule has 0 bridgehead atoms. The van der Waals surface area contributed by atoms with Crippen molar-refractivity contribution in [2.45, 2.75) is 106 Å². The van der Waals surface area contributed by atoms with Gasteiger partial charge in [-0.2, -0.15) is 0 Å². The van der Waals surface area contributed by atoms with Gasteiger partial charge in [0.1, 0.15) is 28.1 Å². The molecule has 6 amide bonds. The van der Waals surface area contributed by atoms with Gasteiger partial charge in [0.15, 0.2) is 0 Å². The second-order valence-corrected chi connectivity index (χ2v) is 17.6. The van der Waals surface area contributed by atoms with Crippen molar-refractivity contribution >= 4 is 64.6 Å². The molecule has 296 valence electrons. The number of hydrogen-bond donors (Lipinski definition) is 4. The third-order valence-electron chi connectivity index (χ3n) is 10.6. The van der Waals surface area contributed by atoms with Crippen LogP contribution in [0.4, 0.5) is 4.79 Å². The van der Waals surface area contributed by atoms with Crippen LogP contribution >= 0.6 is 23.2 Å². The Morgan fingerprint density at radius 3 is 2.17 bits per heavy atom. The van der Waals surface area contributed by atoms with Gasteiger partial charge in [-0.1, -0.05) is 62.4 Å². The number of nitrogens with one attached hydrogen (secondary N) is 4. The average Bonchev–Trinajstić information content (AvgIpc) is 3.98. The van der Waals surface area contributed by atoms with E-state index in [9.17, 15) is 33.6 Å². The van der Waals surface area contributed by atoms with Gasteiger partial charge in [-0.3, -0.25) is 28.8 Å². The van der Waals surface area contributed by atoms with E-state index in [2.05, 4.69) is 21.3 Å². The highest BCUT2D eigenvalue weighted by Gasteiger charge is 2.74. The Kier molecular flexibility index (Phi) is 12.9. The smallest absolute Gasteiger partial charge is 0.408 e. The number of carbonyl (C=O) groups excluding carboxylic acids is 7. The maximum absolute atomic E-state index is 14.3. The van der Waals surface area contributed by atoms with Gasteiger partial charge in [-0.25, -0.2) is 4.79 Å². The van der Waals surface area contributed by atoms with Crippen LogP contribution < -0.4 is 21.3 Å². The van der Waals surface area contributed by atoms with Crippen molar-refractivity contribution in [2.24, 2.45) is 23.7 Å². The van der Waals surface area contributed by atoms with Crippen molar-refractivity contribution in [2.75, 3.05) is 27.2 Å². The van der Waals surface area contributed by atoms with Gasteiger partial charge in [0.05, 0.1) is 12.6 Å². The van der Waals surface area contributed by atoms with E-state index in [4.69, 9.17) is 27.9 Å². The van der Waals surface area contributed by atoms with Crippen LogP contribution in [0, 0.1) is 23.7 Å². The summed E-state index contributed by atoms with van der Waals surface area (Å²) < 4.78 is 4.21. The van der Waals surface area contributed by atoms with Crippen molar-refractivity contribution in [1.29, 1.82) is 0 Å². The normalized spacial score (nSPS) is 23.5. The lowest BCUT2D eigenvalue weighted by atomic mass is 9.83. The van der Waals surface area contributed by atoms with E-state index in [-0.39, 0.29) is 30.7 Å². The van der Waals surface area contributed by atoms with E-state index in [1.54, 1.807) is 65.2 Å². The summed E-state index contributed by atoms with van der Waals surface area (Å²) in [5.74, 6) is -5.38. The summed E-state index contributed by atoms with van der Waals surface area (Å²) in [6.45, 7) is 4.65. The van der Waals surface area contributed by atoms with Crippen LogP contribution in [0.1, 0.15) is 83.7 Å². The Morgan fingerprint density at radius 1 is 0.926 bits per heavy atom. The molecule has 0 aromatic heterocycles. The molecule has 4 aliphatic rings. The highest BCUT2D eigenvalue weighted by molar-refractivity contribution is 6.51. The number of carbonyl (C=O) groups is 7. The first-order valence-electron chi connectivity index (χ1n) is 18.7. The number of hydrogen-bond acceptors (Lipinski definition) is 8. The Morgan fingerprint density at radius 2 is 1.57 bits per heavy atom. The van der Waals surface area contributed by atoms with Gasteiger partial charge in [-0.05, 0) is 57.4 Å². The molecule has 16 heteroatoms. The molecular weight excluding hydrogens is 739 g/mol. The van der Waals surface area contributed by atoms with Crippen molar-refractivity contribution in [3.8, 4) is 0 Å². The Balaban J connectivity index is 1.27. The van der Waals surface area contributed by atoms with E-state index in [0.717, 1.165) is 32.1 Å². The predicted molar refractivity (Wildman–Crippen MR) is 200 cm³/mol. The van der Waals surface area contributed by atoms with Crippen LogP contribution in [0.25, 0.3) is 0 Å². The average molecular weight is 792 g/mol. The molecule has 14 nitrogen and oxygen atoms in total. The first-order chi connectivity index (χ1) is 25.4. The molecule has 0 radical (unpaired) electrons. The number of ether oxygens (including phenoxy) is 1. The topological polar surface area (TPSA) is 183 Å². The van der Waals surface area contributed by atoms with Crippen LogP contribution in [-0.2, 0) is 33.5 Å². The highest BCUT2D eigenvalue weighted by atomic mass is 35.5. The number of ketones is 1. The molecule has 3 saturated carbocycles. The van der Waals surface area contributed by atoms with Crippen molar-refractivity contribution < 1.29 is 38.3 Å². The number of Topliss-reactive ketones (excluding diaryl/α,β-unsaturated/α-hetero) is 1. The minimum absolute atomic E-state index is 0.0743. The number of fused-ring (bicyclic) bond motifs is 1. The maximum atomic E-state index is 14.3. The maximum Gasteiger partial charge on any atom is 0.408 e. The number of rotatable bonds is 14. The number of alkyl halides is 2.